The van der Waals surface area contributed by atoms with Crippen molar-refractivity contribution in [1.29, 1.82) is 0 Å². The van der Waals surface area contributed by atoms with Crippen molar-refractivity contribution in [2.24, 2.45) is 5.92 Å². The van der Waals surface area contributed by atoms with Crippen LogP contribution in [0, 0.1) is 5.92 Å². The minimum absolute atomic E-state index is 0.383. The lowest BCUT2D eigenvalue weighted by Crippen LogP contribution is -2.21. The smallest absolute Gasteiger partial charge is 0.156 e. The molecular weight excluding hydrogens is 258 g/mol. The van der Waals surface area contributed by atoms with E-state index in [-0.39, 0.29) is 0 Å². The molecule has 0 unspecified atom stereocenters. The Morgan fingerprint density at radius 3 is 2.79 bits per heavy atom. The van der Waals surface area contributed by atoms with Gasteiger partial charge in [-0.1, -0.05) is 24.3 Å². The third kappa shape index (κ3) is 2.98. The van der Waals surface area contributed by atoms with Gasteiger partial charge in [0.15, 0.2) is 5.82 Å². The van der Waals surface area contributed by atoms with Gasteiger partial charge >= 0.3 is 0 Å². The maximum atomic E-state index is 6.13. The van der Waals surface area contributed by atoms with Gasteiger partial charge in [-0.2, -0.15) is 5.10 Å². The van der Waals surface area contributed by atoms with Crippen molar-refractivity contribution in [3.05, 3.63) is 30.5 Å². The third-order valence-electron chi connectivity index (χ3n) is 3.90. The van der Waals surface area contributed by atoms with Crippen LogP contribution in [0.4, 0.5) is 5.82 Å². The summed E-state index contributed by atoms with van der Waals surface area (Å²) in [7, 11) is 0. The van der Waals surface area contributed by atoms with E-state index in [2.05, 4.69) is 27.6 Å². The number of hydrogen-bond acceptors (Lipinski definition) is 3. The molecule has 1 saturated carbocycles. The zero-order valence-electron chi connectivity index (χ0n) is 10.8. The molecule has 0 amide bonds. The number of aromatic nitrogens is 2. The van der Waals surface area contributed by atoms with Crippen LogP contribution >= 0.6 is 11.6 Å². The van der Waals surface area contributed by atoms with Crippen molar-refractivity contribution in [2.75, 3.05) is 11.9 Å². The number of nitrogens with one attached hydrogen (secondary N) is 1. The molecule has 0 radical (unpaired) electrons. The molecule has 1 fully saturated rings. The van der Waals surface area contributed by atoms with Gasteiger partial charge in [0.1, 0.15) is 0 Å². The average molecular weight is 276 g/mol. The van der Waals surface area contributed by atoms with Gasteiger partial charge in [-0.05, 0) is 31.6 Å². The van der Waals surface area contributed by atoms with Crippen molar-refractivity contribution in [3.63, 3.8) is 0 Å². The first-order chi connectivity index (χ1) is 9.33. The van der Waals surface area contributed by atoms with Gasteiger partial charge in [0.25, 0.3) is 0 Å². The lowest BCUT2D eigenvalue weighted by atomic mass is 9.89. The first kappa shape index (κ1) is 12.7. The quantitative estimate of drug-likeness (QED) is 0.865. The van der Waals surface area contributed by atoms with Crippen molar-refractivity contribution in [3.8, 4) is 0 Å². The molecule has 1 aromatic heterocycles. The molecule has 3 rings (SSSR count). The summed E-state index contributed by atoms with van der Waals surface area (Å²) < 4.78 is 0. The molecule has 1 aromatic carbocycles. The van der Waals surface area contributed by atoms with Gasteiger partial charge in [0, 0.05) is 22.7 Å². The fourth-order valence-electron chi connectivity index (χ4n) is 2.73. The molecule has 100 valence electrons. The van der Waals surface area contributed by atoms with E-state index in [0.29, 0.717) is 11.3 Å². The Balaban J connectivity index is 1.68. The molecule has 0 bridgehead atoms. The van der Waals surface area contributed by atoms with Crippen LogP contribution in [0.2, 0.25) is 0 Å². The fraction of sp³-hybridized carbons (Fsp3) is 0.467. The SMILES string of the molecule is ClC1CCC(CNc2nncc3ccccc23)CC1. The molecular formula is C15H18ClN3. The predicted molar refractivity (Wildman–Crippen MR) is 79.6 cm³/mol. The summed E-state index contributed by atoms with van der Waals surface area (Å²) in [6.45, 7) is 0.965. The van der Waals surface area contributed by atoms with E-state index in [1.165, 1.54) is 12.8 Å². The lowest BCUT2D eigenvalue weighted by molar-refractivity contribution is 0.377. The highest BCUT2D eigenvalue weighted by Crippen LogP contribution is 2.28. The summed E-state index contributed by atoms with van der Waals surface area (Å²) in [5.74, 6) is 1.60. The van der Waals surface area contributed by atoms with Crippen molar-refractivity contribution < 1.29 is 0 Å². The Morgan fingerprint density at radius 1 is 1.16 bits per heavy atom. The average Bonchev–Trinajstić information content (AvgIpc) is 2.47. The van der Waals surface area contributed by atoms with Crippen LogP contribution in [0.5, 0.6) is 0 Å². The zero-order valence-corrected chi connectivity index (χ0v) is 11.6. The normalized spacial score (nSPS) is 23.4. The molecule has 0 aliphatic heterocycles. The van der Waals surface area contributed by atoms with Crippen LogP contribution in [0.1, 0.15) is 25.7 Å². The van der Waals surface area contributed by atoms with Crippen LogP contribution in [0.15, 0.2) is 30.5 Å². The first-order valence-corrected chi connectivity index (χ1v) is 7.35. The van der Waals surface area contributed by atoms with Crippen LogP contribution in [0.3, 0.4) is 0 Å². The van der Waals surface area contributed by atoms with Crippen LogP contribution in [0.25, 0.3) is 10.8 Å². The van der Waals surface area contributed by atoms with E-state index in [1.54, 1.807) is 6.20 Å². The molecule has 0 atom stereocenters. The molecule has 1 aliphatic rings. The Bertz CT molecular complexity index is 545. The molecule has 3 nitrogen and oxygen atoms in total. The highest BCUT2D eigenvalue weighted by molar-refractivity contribution is 6.20. The van der Waals surface area contributed by atoms with Gasteiger partial charge in [-0.3, -0.25) is 0 Å². The van der Waals surface area contributed by atoms with E-state index < -0.39 is 0 Å². The zero-order chi connectivity index (χ0) is 13.1. The van der Waals surface area contributed by atoms with E-state index in [1.807, 2.05) is 12.1 Å². The summed E-state index contributed by atoms with van der Waals surface area (Å²) in [4.78, 5) is 0. The topological polar surface area (TPSA) is 37.8 Å². The summed E-state index contributed by atoms with van der Waals surface area (Å²) in [6, 6.07) is 8.21. The number of halogens is 1. The minimum Gasteiger partial charge on any atom is -0.368 e. The van der Waals surface area contributed by atoms with Gasteiger partial charge in [-0.15, -0.1) is 16.7 Å². The first-order valence-electron chi connectivity index (χ1n) is 6.91. The molecule has 0 spiro atoms. The lowest BCUT2D eigenvalue weighted by Gasteiger charge is -2.25. The monoisotopic (exact) mass is 275 g/mol. The standard InChI is InChI=1S/C15H18ClN3/c16-13-7-5-11(6-8-13)9-17-15-14-4-2-1-3-12(14)10-18-19-15/h1-4,10-11,13H,5-9H2,(H,17,19). The Labute approximate surface area is 118 Å². The molecule has 4 heteroatoms. The number of fused-ring (bicyclic) bond motifs is 1. The van der Waals surface area contributed by atoms with Crippen LogP contribution < -0.4 is 5.32 Å². The molecule has 0 saturated heterocycles. The maximum Gasteiger partial charge on any atom is 0.156 e. The molecule has 1 aliphatic carbocycles. The molecule has 1 N–H and O–H groups in total. The molecule has 1 heterocycles. The number of anilines is 1. The Morgan fingerprint density at radius 2 is 1.95 bits per heavy atom. The minimum atomic E-state index is 0.383. The van der Waals surface area contributed by atoms with Crippen molar-refractivity contribution in [1.82, 2.24) is 10.2 Å². The second-order valence-electron chi connectivity index (χ2n) is 5.28. The van der Waals surface area contributed by atoms with Crippen molar-refractivity contribution in [2.45, 2.75) is 31.1 Å². The largest absolute Gasteiger partial charge is 0.368 e. The second kappa shape index (κ2) is 5.74. The highest BCUT2D eigenvalue weighted by atomic mass is 35.5. The highest BCUT2D eigenvalue weighted by Gasteiger charge is 2.19. The van der Waals surface area contributed by atoms with Gasteiger partial charge in [-0.25, -0.2) is 0 Å². The molecule has 2 aromatic rings. The number of hydrogen-bond donors (Lipinski definition) is 1. The number of rotatable bonds is 3. The van der Waals surface area contributed by atoms with Gasteiger partial charge < -0.3 is 5.32 Å². The Kier molecular flexibility index (Phi) is 3.83. The van der Waals surface area contributed by atoms with Crippen LogP contribution in [-0.2, 0) is 0 Å². The third-order valence-corrected chi connectivity index (χ3v) is 4.34. The van der Waals surface area contributed by atoms with E-state index in [4.69, 9.17) is 11.6 Å². The molecule has 19 heavy (non-hydrogen) atoms. The summed E-state index contributed by atoms with van der Waals surface area (Å²) in [6.07, 6.45) is 6.49. The van der Waals surface area contributed by atoms with Crippen molar-refractivity contribution >= 4 is 28.2 Å². The Hall–Kier alpha value is -1.35. The summed E-state index contributed by atoms with van der Waals surface area (Å²) in [5.41, 5.74) is 0. The summed E-state index contributed by atoms with van der Waals surface area (Å²) in [5, 5.41) is 14.4. The number of nitrogens with zero attached hydrogens (tertiary/aromatic N) is 2. The number of alkyl halides is 1. The summed E-state index contributed by atoms with van der Waals surface area (Å²) >= 11 is 6.13. The fourth-order valence-corrected chi connectivity index (χ4v) is 2.98. The van der Waals surface area contributed by atoms with E-state index in [0.717, 1.165) is 36.0 Å². The predicted octanol–water partition coefficient (Wildman–Crippen LogP) is 3.84. The van der Waals surface area contributed by atoms with Gasteiger partial charge in [0.2, 0.25) is 0 Å². The second-order valence-corrected chi connectivity index (χ2v) is 5.90. The van der Waals surface area contributed by atoms with E-state index >= 15 is 0 Å². The van der Waals surface area contributed by atoms with E-state index in [9.17, 15) is 0 Å². The maximum absolute atomic E-state index is 6.13. The van der Waals surface area contributed by atoms with Crippen LogP contribution in [-0.4, -0.2) is 22.1 Å². The van der Waals surface area contributed by atoms with Gasteiger partial charge in [0.05, 0.1) is 6.20 Å². The number of benzene rings is 1.